The second-order valence-corrected chi connectivity index (χ2v) is 6.01. The van der Waals surface area contributed by atoms with E-state index in [4.69, 9.17) is 14.2 Å². The van der Waals surface area contributed by atoms with Gasteiger partial charge >= 0.3 is 5.97 Å². The van der Waals surface area contributed by atoms with Gasteiger partial charge in [-0.3, -0.25) is 9.59 Å². The Morgan fingerprint density at radius 2 is 1.85 bits per heavy atom. The molecule has 142 valence electrons. The van der Waals surface area contributed by atoms with E-state index in [-0.39, 0.29) is 31.0 Å². The molecule has 1 fully saturated rings. The van der Waals surface area contributed by atoms with Crippen molar-refractivity contribution in [2.24, 2.45) is 0 Å². The van der Waals surface area contributed by atoms with Gasteiger partial charge in [-0.2, -0.15) is 0 Å². The molecule has 1 heterocycles. The van der Waals surface area contributed by atoms with Crippen LogP contribution in [0.1, 0.15) is 44.0 Å². The normalized spacial score (nSPS) is 21.2. The van der Waals surface area contributed by atoms with Crippen LogP contribution in [0.2, 0.25) is 0 Å². The molecule has 1 aromatic rings. The Bertz CT molecular complexity index is 667. The summed E-state index contributed by atoms with van der Waals surface area (Å²) in [5.74, 6) is -1.39. The van der Waals surface area contributed by atoms with E-state index >= 15 is 0 Å². The molecule has 0 radical (unpaired) electrons. The number of phenolic OH excluding ortho intramolecular Hbond substituents is 1. The summed E-state index contributed by atoms with van der Waals surface area (Å²) in [5, 5.41) is 11.9. The van der Waals surface area contributed by atoms with Gasteiger partial charge in [-0.05, 0) is 44.5 Å². The van der Waals surface area contributed by atoms with Gasteiger partial charge in [-0.1, -0.05) is 0 Å². The lowest BCUT2D eigenvalue weighted by molar-refractivity contribution is -0.395. The topological polar surface area (TPSA) is 111 Å². The fourth-order valence-electron chi connectivity index (χ4n) is 2.76. The minimum atomic E-state index is -1.61. The fraction of sp³-hybridized carbons (Fsp3) is 0.500. The van der Waals surface area contributed by atoms with Crippen molar-refractivity contribution >= 4 is 17.7 Å². The van der Waals surface area contributed by atoms with Crippen molar-refractivity contribution in [2.75, 3.05) is 6.61 Å². The maximum absolute atomic E-state index is 12.6. The molecule has 1 aromatic carbocycles. The molecule has 0 aromatic heterocycles. The number of ether oxygens (including phenoxy) is 3. The van der Waals surface area contributed by atoms with Crippen LogP contribution >= 0.6 is 0 Å². The van der Waals surface area contributed by atoms with Crippen molar-refractivity contribution in [1.82, 2.24) is 5.32 Å². The van der Waals surface area contributed by atoms with E-state index in [1.807, 2.05) is 0 Å². The van der Waals surface area contributed by atoms with Crippen molar-refractivity contribution in [3.63, 3.8) is 0 Å². The van der Waals surface area contributed by atoms with Crippen LogP contribution in [0.4, 0.5) is 0 Å². The van der Waals surface area contributed by atoms with Crippen LogP contribution in [0.3, 0.4) is 0 Å². The highest BCUT2D eigenvalue weighted by Gasteiger charge is 2.54. The number of nitrogens with one attached hydrogen (secondary N) is 1. The smallest absolute Gasteiger partial charge is 0.337 e. The molecule has 8 heteroatoms. The highest BCUT2D eigenvalue weighted by Crippen LogP contribution is 2.32. The predicted octanol–water partition coefficient (Wildman–Crippen LogP) is 1.51. The first kappa shape index (κ1) is 19.9. The van der Waals surface area contributed by atoms with Gasteiger partial charge in [-0.25, -0.2) is 4.79 Å². The number of phenols is 1. The average Bonchev–Trinajstić information content (AvgIpc) is 2.56. The number of hydrogen-bond acceptors (Lipinski definition) is 7. The molecule has 8 nitrogen and oxygen atoms in total. The van der Waals surface area contributed by atoms with E-state index in [2.05, 4.69) is 5.32 Å². The van der Waals surface area contributed by atoms with E-state index in [0.717, 1.165) is 0 Å². The Hall–Kier alpha value is -2.45. The lowest BCUT2D eigenvalue weighted by Crippen LogP contribution is -2.68. The number of benzene rings is 1. The van der Waals surface area contributed by atoms with Crippen LogP contribution in [0.15, 0.2) is 24.3 Å². The zero-order valence-electron chi connectivity index (χ0n) is 15.0. The number of ketones is 1. The van der Waals surface area contributed by atoms with Gasteiger partial charge in [0.25, 0.3) is 0 Å². The molecule has 2 rings (SSSR count). The molecule has 1 unspecified atom stereocenters. The number of hydrogen-bond donors (Lipinski definition) is 2. The quantitative estimate of drug-likeness (QED) is 0.530. The Labute approximate surface area is 151 Å². The second-order valence-electron chi connectivity index (χ2n) is 6.01. The van der Waals surface area contributed by atoms with Crippen LogP contribution in [0.25, 0.3) is 0 Å². The number of esters is 1. The first-order valence-corrected chi connectivity index (χ1v) is 8.37. The minimum absolute atomic E-state index is 0.0472. The van der Waals surface area contributed by atoms with Crippen LogP contribution in [-0.4, -0.2) is 47.5 Å². The number of rotatable bonds is 8. The Morgan fingerprint density at radius 3 is 2.35 bits per heavy atom. The Kier molecular flexibility index (Phi) is 6.33. The summed E-state index contributed by atoms with van der Waals surface area (Å²) in [5.41, 5.74) is -1.23. The summed E-state index contributed by atoms with van der Waals surface area (Å²) in [6.45, 7) is 4.66. The molecule has 2 N–H and O–H groups in total. The molecule has 1 saturated heterocycles. The van der Waals surface area contributed by atoms with Crippen LogP contribution in [-0.2, 0) is 23.8 Å². The number of amides is 1. The highest BCUT2D eigenvalue weighted by atomic mass is 16.9. The Balaban J connectivity index is 2.21. The van der Waals surface area contributed by atoms with E-state index in [1.54, 1.807) is 13.8 Å². The molecule has 1 amide bonds. The molecule has 1 aliphatic rings. The third-order valence-electron chi connectivity index (χ3n) is 4.01. The Morgan fingerprint density at radius 1 is 1.23 bits per heavy atom. The summed E-state index contributed by atoms with van der Waals surface area (Å²) in [6.07, 6.45) is -1.66. The zero-order chi connectivity index (χ0) is 19.3. The van der Waals surface area contributed by atoms with Gasteiger partial charge in [0, 0.05) is 18.9 Å². The molecule has 1 aliphatic heterocycles. The average molecular weight is 365 g/mol. The van der Waals surface area contributed by atoms with E-state index in [9.17, 15) is 19.5 Å². The van der Waals surface area contributed by atoms with Gasteiger partial charge < -0.3 is 24.6 Å². The van der Waals surface area contributed by atoms with Gasteiger partial charge in [0.1, 0.15) is 5.75 Å². The molecule has 1 atom stereocenters. The van der Waals surface area contributed by atoms with Crippen LogP contribution < -0.4 is 5.32 Å². The molecule has 0 saturated carbocycles. The van der Waals surface area contributed by atoms with Crippen molar-refractivity contribution in [1.29, 1.82) is 0 Å². The predicted molar refractivity (Wildman–Crippen MR) is 90.3 cm³/mol. The molecule has 26 heavy (non-hydrogen) atoms. The molecule has 0 spiro atoms. The van der Waals surface area contributed by atoms with Gasteiger partial charge in [0.05, 0.1) is 6.61 Å². The van der Waals surface area contributed by atoms with Gasteiger partial charge in [0.2, 0.25) is 5.91 Å². The standard InChI is InChI=1S/C18H23NO7/c1-4-24-16(23)18(19-11(2)20,17-25-12(3)26-17)10-9-15(22)13-5-7-14(21)8-6-13/h5-8,12,17,21H,4,9-10H2,1-3H3,(H,19,20). The summed E-state index contributed by atoms with van der Waals surface area (Å²) in [4.78, 5) is 36.7. The third kappa shape index (κ3) is 4.39. The van der Waals surface area contributed by atoms with E-state index in [0.29, 0.717) is 5.56 Å². The zero-order valence-corrected chi connectivity index (χ0v) is 15.0. The minimum Gasteiger partial charge on any atom is -0.508 e. The van der Waals surface area contributed by atoms with Crippen LogP contribution in [0.5, 0.6) is 5.75 Å². The first-order chi connectivity index (χ1) is 12.3. The van der Waals surface area contributed by atoms with Crippen molar-refractivity contribution in [3.8, 4) is 5.75 Å². The SMILES string of the molecule is CCOC(=O)C(CCC(=O)c1ccc(O)cc1)(NC(C)=O)C1OC(C)O1. The molecular formula is C18H23NO7. The van der Waals surface area contributed by atoms with E-state index < -0.39 is 30.0 Å². The number of Topliss-reactive ketones (excluding diaryl/α,β-unsaturated/α-hetero) is 1. The number of carbonyl (C=O) groups excluding carboxylic acids is 3. The first-order valence-electron chi connectivity index (χ1n) is 8.37. The van der Waals surface area contributed by atoms with Gasteiger partial charge in [0.15, 0.2) is 23.9 Å². The summed E-state index contributed by atoms with van der Waals surface area (Å²) in [7, 11) is 0. The monoisotopic (exact) mass is 365 g/mol. The van der Waals surface area contributed by atoms with Crippen molar-refractivity contribution < 1.29 is 33.7 Å². The molecule has 0 aliphatic carbocycles. The number of carbonyl (C=O) groups is 3. The molecular weight excluding hydrogens is 342 g/mol. The van der Waals surface area contributed by atoms with E-state index in [1.165, 1.54) is 31.2 Å². The molecule has 0 bridgehead atoms. The van der Waals surface area contributed by atoms with Gasteiger partial charge in [-0.15, -0.1) is 0 Å². The fourth-order valence-corrected chi connectivity index (χ4v) is 2.76. The van der Waals surface area contributed by atoms with Crippen LogP contribution in [0, 0.1) is 0 Å². The maximum Gasteiger partial charge on any atom is 0.337 e. The van der Waals surface area contributed by atoms with Crippen molar-refractivity contribution in [3.05, 3.63) is 29.8 Å². The lowest BCUT2D eigenvalue weighted by Gasteiger charge is -2.45. The highest BCUT2D eigenvalue weighted by molar-refractivity contribution is 5.97. The third-order valence-corrected chi connectivity index (χ3v) is 4.01. The lowest BCUT2D eigenvalue weighted by atomic mass is 9.89. The second kappa shape index (κ2) is 8.29. The number of aromatic hydroxyl groups is 1. The summed E-state index contributed by atoms with van der Waals surface area (Å²) in [6, 6.07) is 5.78. The van der Waals surface area contributed by atoms with Crippen molar-refractivity contribution in [2.45, 2.75) is 51.7 Å². The maximum atomic E-state index is 12.6. The largest absolute Gasteiger partial charge is 0.508 e. The summed E-state index contributed by atoms with van der Waals surface area (Å²) < 4.78 is 16.0. The summed E-state index contributed by atoms with van der Waals surface area (Å²) >= 11 is 0.